The third-order valence-corrected chi connectivity index (χ3v) is 3.50. The van der Waals surface area contributed by atoms with Gasteiger partial charge in [0.25, 0.3) is 0 Å². The highest BCUT2D eigenvalue weighted by atomic mass is 16.5. The lowest BCUT2D eigenvalue weighted by atomic mass is 10.0. The van der Waals surface area contributed by atoms with Crippen LogP contribution in [0.15, 0.2) is 6.20 Å². The first-order valence-electron chi connectivity index (χ1n) is 6.96. The highest BCUT2D eigenvalue weighted by molar-refractivity contribution is 5.90. The summed E-state index contributed by atoms with van der Waals surface area (Å²) < 4.78 is 10.3. The molecule has 0 radical (unpaired) electrons. The maximum Gasteiger partial charge on any atom is 0.341 e. The van der Waals surface area contributed by atoms with Gasteiger partial charge in [-0.15, -0.1) is 0 Å². The number of hydrogen-bond acceptors (Lipinski definition) is 6. The van der Waals surface area contributed by atoms with Crippen LogP contribution in [0, 0.1) is 12.8 Å². The second-order valence-corrected chi connectivity index (χ2v) is 4.97. The van der Waals surface area contributed by atoms with Crippen LogP contribution in [0.25, 0.3) is 0 Å². The van der Waals surface area contributed by atoms with Gasteiger partial charge in [0.15, 0.2) is 0 Å². The van der Waals surface area contributed by atoms with Crippen LogP contribution in [0.5, 0.6) is 0 Å². The van der Waals surface area contributed by atoms with Gasteiger partial charge in [0.05, 0.1) is 24.5 Å². The van der Waals surface area contributed by atoms with E-state index in [-0.39, 0.29) is 12.0 Å². The van der Waals surface area contributed by atoms with Crippen molar-refractivity contribution in [2.75, 3.05) is 25.1 Å². The van der Waals surface area contributed by atoms with E-state index in [4.69, 9.17) is 9.47 Å². The average molecular weight is 279 g/mol. The molecule has 2 atom stereocenters. The Morgan fingerprint density at radius 2 is 2.45 bits per heavy atom. The Labute approximate surface area is 118 Å². The van der Waals surface area contributed by atoms with E-state index in [9.17, 15) is 4.79 Å². The van der Waals surface area contributed by atoms with Crippen LogP contribution < -0.4 is 5.32 Å². The van der Waals surface area contributed by atoms with E-state index >= 15 is 0 Å². The first kappa shape index (κ1) is 14.7. The molecule has 0 bridgehead atoms. The number of ether oxygens (including phenoxy) is 2. The number of aryl methyl sites for hydroxylation is 1. The fraction of sp³-hybridized carbons (Fsp3) is 0.643. The highest BCUT2D eigenvalue weighted by Crippen LogP contribution is 2.19. The molecular weight excluding hydrogens is 258 g/mol. The standard InChI is InChI=1S/C14H21N3O3/c1-4-20-13(18)12-7-15-14(17-10(12)3)16-9(2)11-5-6-19-8-11/h7,9,11H,4-6,8H2,1-3H3,(H,15,16,17). The van der Waals surface area contributed by atoms with Gasteiger partial charge < -0.3 is 14.8 Å². The summed E-state index contributed by atoms with van der Waals surface area (Å²) in [4.78, 5) is 20.2. The Morgan fingerprint density at radius 3 is 3.05 bits per heavy atom. The molecule has 1 fully saturated rings. The minimum Gasteiger partial charge on any atom is -0.462 e. The summed E-state index contributed by atoms with van der Waals surface area (Å²) in [5, 5.41) is 3.27. The number of rotatable bonds is 5. The fourth-order valence-electron chi connectivity index (χ4n) is 2.21. The van der Waals surface area contributed by atoms with Gasteiger partial charge in [-0.1, -0.05) is 0 Å². The summed E-state index contributed by atoms with van der Waals surface area (Å²) in [6.07, 6.45) is 2.56. The van der Waals surface area contributed by atoms with E-state index in [0.29, 0.717) is 29.7 Å². The van der Waals surface area contributed by atoms with Crippen molar-refractivity contribution < 1.29 is 14.3 Å². The summed E-state index contributed by atoms with van der Waals surface area (Å²) in [5.41, 5.74) is 1.03. The Bertz CT molecular complexity index is 473. The number of carbonyl (C=O) groups is 1. The Hall–Kier alpha value is -1.69. The van der Waals surface area contributed by atoms with Gasteiger partial charge in [0.1, 0.15) is 0 Å². The van der Waals surface area contributed by atoms with Crippen LogP contribution in [-0.4, -0.2) is 41.8 Å². The molecule has 1 aliphatic heterocycles. The largest absolute Gasteiger partial charge is 0.462 e. The number of esters is 1. The maximum absolute atomic E-state index is 11.7. The van der Waals surface area contributed by atoms with Crippen molar-refractivity contribution in [1.82, 2.24) is 9.97 Å². The van der Waals surface area contributed by atoms with Crippen LogP contribution >= 0.6 is 0 Å². The molecule has 110 valence electrons. The van der Waals surface area contributed by atoms with Crippen molar-refractivity contribution in [2.45, 2.75) is 33.2 Å². The molecule has 6 heteroatoms. The number of nitrogens with one attached hydrogen (secondary N) is 1. The predicted octanol–water partition coefficient (Wildman–Crippen LogP) is 1.80. The van der Waals surface area contributed by atoms with Gasteiger partial charge >= 0.3 is 5.97 Å². The maximum atomic E-state index is 11.7. The molecule has 1 aromatic rings. The number of nitrogens with zero attached hydrogens (tertiary/aromatic N) is 2. The van der Waals surface area contributed by atoms with E-state index in [1.54, 1.807) is 13.8 Å². The molecule has 0 aromatic carbocycles. The summed E-state index contributed by atoms with van der Waals surface area (Å²) in [6.45, 7) is 7.58. The van der Waals surface area contributed by atoms with Crippen LogP contribution in [0.3, 0.4) is 0 Å². The smallest absolute Gasteiger partial charge is 0.341 e. The molecule has 1 N–H and O–H groups in total. The zero-order chi connectivity index (χ0) is 14.5. The molecule has 0 spiro atoms. The van der Waals surface area contributed by atoms with Gasteiger partial charge in [-0.25, -0.2) is 14.8 Å². The Kier molecular flexibility index (Phi) is 4.89. The number of hydrogen-bond donors (Lipinski definition) is 1. The van der Waals surface area contributed by atoms with Crippen LogP contribution in [0.4, 0.5) is 5.95 Å². The van der Waals surface area contributed by atoms with Crippen molar-refractivity contribution in [1.29, 1.82) is 0 Å². The molecule has 0 saturated carbocycles. The summed E-state index contributed by atoms with van der Waals surface area (Å²) >= 11 is 0. The lowest BCUT2D eigenvalue weighted by molar-refractivity contribution is 0.0524. The average Bonchev–Trinajstić information content (AvgIpc) is 2.93. The van der Waals surface area contributed by atoms with E-state index in [2.05, 4.69) is 22.2 Å². The van der Waals surface area contributed by atoms with Crippen molar-refractivity contribution in [3.8, 4) is 0 Å². The lowest BCUT2D eigenvalue weighted by Crippen LogP contribution is -2.27. The highest BCUT2D eigenvalue weighted by Gasteiger charge is 2.23. The number of carbonyl (C=O) groups excluding carboxylic acids is 1. The second kappa shape index (κ2) is 6.65. The van der Waals surface area contributed by atoms with Crippen LogP contribution in [-0.2, 0) is 9.47 Å². The van der Waals surface area contributed by atoms with Crippen molar-refractivity contribution in [3.05, 3.63) is 17.5 Å². The quantitative estimate of drug-likeness (QED) is 0.828. The third kappa shape index (κ3) is 3.45. The van der Waals surface area contributed by atoms with Crippen molar-refractivity contribution in [3.63, 3.8) is 0 Å². The molecular formula is C14H21N3O3. The van der Waals surface area contributed by atoms with Crippen molar-refractivity contribution >= 4 is 11.9 Å². The number of anilines is 1. The minimum atomic E-state index is -0.381. The van der Waals surface area contributed by atoms with Crippen LogP contribution in [0.1, 0.15) is 36.3 Å². The van der Waals surface area contributed by atoms with Crippen LogP contribution in [0.2, 0.25) is 0 Å². The predicted molar refractivity (Wildman–Crippen MR) is 74.7 cm³/mol. The molecule has 2 heterocycles. The third-order valence-electron chi connectivity index (χ3n) is 3.50. The van der Waals surface area contributed by atoms with Gasteiger partial charge in [-0.2, -0.15) is 0 Å². The molecule has 0 amide bonds. The summed E-state index contributed by atoms with van der Waals surface area (Å²) in [5.74, 6) is 0.632. The van der Waals surface area contributed by atoms with Gasteiger partial charge in [0.2, 0.25) is 5.95 Å². The van der Waals surface area contributed by atoms with E-state index in [1.165, 1.54) is 6.20 Å². The first-order chi connectivity index (χ1) is 9.61. The van der Waals surface area contributed by atoms with Gasteiger partial charge in [-0.3, -0.25) is 0 Å². The minimum absolute atomic E-state index is 0.241. The molecule has 2 unspecified atom stereocenters. The van der Waals surface area contributed by atoms with E-state index in [1.807, 2.05) is 0 Å². The van der Waals surface area contributed by atoms with E-state index in [0.717, 1.165) is 19.6 Å². The Morgan fingerprint density at radius 1 is 1.65 bits per heavy atom. The zero-order valence-corrected chi connectivity index (χ0v) is 12.2. The number of aromatic nitrogens is 2. The lowest BCUT2D eigenvalue weighted by Gasteiger charge is -2.19. The summed E-state index contributed by atoms with van der Waals surface area (Å²) in [6, 6.07) is 0.241. The molecule has 0 aliphatic carbocycles. The molecule has 6 nitrogen and oxygen atoms in total. The second-order valence-electron chi connectivity index (χ2n) is 4.97. The van der Waals surface area contributed by atoms with Crippen molar-refractivity contribution in [2.24, 2.45) is 5.92 Å². The monoisotopic (exact) mass is 279 g/mol. The van der Waals surface area contributed by atoms with Gasteiger partial charge in [0, 0.05) is 24.8 Å². The topological polar surface area (TPSA) is 73.3 Å². The zero-order valence-electron chi connectivity index (χ0n) is 12.2. The fourth-order valence-corrected chi connectivity index (χ4v) is 2.21. The summed E-state index contributed by atoms with van der Waals surface area (Å²) in [7, 11) is 0. The normalized spacial score (nSPS) is 19.6. The Balaban J connectivity index is 2.03. The molecule has 2 rings (SSSR count). The van der Waals surface area contributed by atoms with Gasteiger partial charge in [-0.05, 0) is 27.2 Å². The molecule has 20 heavy (non-hydrogen) atoms. The molecule has 1 saturated heterocycles. The first-order valence-corrected chi connectivity index (χ1v) is 6.96. The van der Waals surface area contributed by atoms with E-state index < -0.39 is 0 Å². The SMILES string of the molecule is CCOC(=O)c1cnc(NC(C)C2CCOC2)nc1C. The molecule has 1 aliphatic rings. The molecule has 1 aromatic heterocycles.